The number of para-hydroxylation sites is 6. The number of benzene rings is 3. The number of hydrogen-bond acceptors (Lipinski definition) is 5. The van der Waals surface area contributed by atoms with Crippen LogP contribution in [0.2, 0.25) is 0 Å². The predicted octanol–water partition coefficient (Wildman–Crippen LogP) is 5.71. The molecule has 0 atom stereocenters. The standard InChI is InChI=1S/C28H39BN3O3/c1-8-9-22-32(6,7)25-18-12-15-21-28(25)35-29(33-26-19-13-10-16-23(26)30(2)3)34-27-20-14-11-17-24(27)31(4)5/h10-21H,8-9,22H2,1-7H3/q+1. The monoisotopic (exact) mass is 476 g/mol. The van der Waals surface area contributed by atoms with Gasteiger partial charge in [-0.3, -0.25) is 4.48 Å². The molecular formula is C28H39BN3O3+. The van der Waals surface area contributed by atoms with Gasteiger partial charge < -0.3 is 23.8 Å². The average Bonchev–Trinajstić information content (AvgIpc) is 2.83. The zero-order valence-electron chi connectivity index (χ0n) is 22.2. The number of nitrogens with zero attached hydrogens (tertiary/aromatic N) is 3. The maximum atomic E-state index is 6.49. The molecular weight excluding hydrogens is 437 g/mol. The Morgan fingerprint density at radius 2 is 1.09 bits per heavy atom. The molecule has 35 heavy (non-hydrogen) atoms. The van der Waals surface area contributed by atoms with Gasteiger partial charge in [-0.25, -0.2) is 0 Å². The summed E-state index contributed by atoms with van der Waals surface area (Å²) in [5, 5.41) is 0. The Kier molecular flexibility index (Phi) is 8.93. The zero-order chi connectivity index (χ0) is 25.4. The van der Waals surface area contributed by atoms with E-state index in [1.807, 2.05) is 105 Å². The van der Waals surface area contributed by atoms with Gasteiger partial charge in [0.25, 0.3) is 0 Å². The van der Waals surface area contributed by atoms with Gasteiger partial charge >= 0.3 is 7.32 Å². The van der Waals surface area contributed by atoms with Gasteiger partial charge in [-0.15, -0.1) is 0 Å². The van der Waals surface area contributed by atoms with Crippen molar-refractivity contribution in [1.82, 2.24) is 4.48 Å². The highest BCUT2D eigenvalue weighted by atomic mass is 16.7. The molecule has 186 valence electrons. The van der Waals surface area contributed by atoms with Crippen LogP contribution in [-0.4, -0.2) is 56.2 Å². The maximum absolute atomic E-state index is 6.49. The van der Waals surface area contributed by atoms with E-state index in [0.29, 0.717) is 16.0 Å². The molecule has 0 spiro atoms. The molecule has 0 amide bonds. The van der Waals surface area contributed by atoms with Gasteiger partial charge in [-0.1, -0.05) is 49.7 Å². The van der Waals surface area contributed by atoms with Crippen LogP contribution in [0, 0.1) is 0 Å². The highest BCUT2D eigenvalue weighted by Crippen LogP contribution is 2.34. The summed E-state index contributed by atoms with van der Waals surface area (Å²) in [5.41, 5.74) is 2.97. The lowest BCUT2D eigenvalue weighted by Crippen LogP contribution is -2.43. The van der Waals surface area contributed by atoms with Crippen LogP contribution in [0.5, 0.6) is 17.2 Å². The molecule has 3 aromatic rings. The van der Waals surface area contributed by atoms with Crippen molar-refractivity contribution in [1.29, 1.82) is 0 Å². The van der Waals surface area contributed by atoms with Crippen LogP contribution in [0.25, 0.3) is 0 Å². The van der Waals surface area contributed by atoms with Gasteiger partial charge in [0.1, 0.15) is 11.5 Å². The minimum atomic E-state index is -0.996. The highest BCUT2D eigenvalue weighted by Gasteiger charge is 2.35. The Labute approximate surface area is 211 Å². The Balaban J connectivity index is 1.99. The lowest BCUT2D eigenvalue weighted by atomic mass is 10.1. The fourth-order valence-corrected chi connectivity index (χ4v) is 3.97. The summed E-state index contributed by atoms with van der Waals surface area (Å²) in [6, 6.07) is 23.9. The lowest BCUT2D eigenvalue weighted by molar-refractivity contribution is 0.300. The largest absolute Gasteiger partial charge is 0.864 e. The minimum Gasteiger partial charge on any atom is -0.488 e. The van der Waals surface area contributed by atoms with Crippen molar-refractivity contribution < 1.29 is 14.0 Å². The van der Waals surface area contributed by atoms with E-state index in [9.17, 15) is 0 Å². The van der Waals surface area contributed by atoms with Gasteiger partial charge in [0.15, 0.2) is 11.4 Å². The zero-order valence-corrected chi connectivity index (χ0v) is 22.2. The number of unbranched alkanes of at least 4 members (excludes halogenated alkanes) is 1. The van der Waals surface area contributed by atoms with Gasteiger partial charge in [0.05, 0.1) is 32.0 Å². The summed E-state index contributed by atoms with van der Waals surface area (Å²) in [6.45, 7) is 3.22. The van der Waals surface area contributed by atoms with E-state index in [1.165, 1.54) is 0 Å². The molecule has 0 unspecified atom stereocenters. The summed E-state index contributed by atoms with van der Waals surface area (Å²) in [7, 11) is 11.4. The van der Waals surface area contributed by atoms with E-state index in [2.05, 4.69) is 27.1 Å². The summed E-state index contributed by atoms with van der Waals surface area (Å²) < 4.78 is 20.0. The van der Waals surface area contributed by atoms with Crippen LogP contribution in [0.3, 0.4) is 0 Å². The summed E-state index contributed by atoms with van der Waals surface area (Å²) in [4.78, 5) is 4.03. The molecule has 0 aromatic heterocycles. The summed E-state index contributed by atoms with van der Waals surface area (Å²) in [6.07, 6.45) is 2.27. The number of rotatable bonds is 12. The summed E-state index contributed by atoms with van der Waals surface area (Å²) >= 11 is 0. The normalized spacial score (nSPS) is 11.1. The van der Waals surface area contributed by atoms with E-state index < -0.39 is 7.32 Å². The van der Waals surface area contributed by atoms with Crippen molar-refractivity contribution in [3.63, 3.8) is 0 Å². The Bertz CT molecular complexity index is 1030. The Hall–Kier alpha value is -3.32. The number of hydrogen-bond donors (Lipinski definition) is 0. The predicted molar refractivity (Wildman–Crippen MR) is 149 cm³/mol. The van der Waals surface area contributed by atoms with E-state index in [-0.39, 0.29) is 0 Å². The molecule has 0 fully saturated rings. The first-order chi connectivity index (χ1) is 16.7. The second-order valence-corrected chi connectivity index (χ2v) is 9.60. The van der Waals surface area contributed by atoms with Gasteiger partial charge in [0.2, 0.25) is 0 Å². The summed E-state index contributed by atoms with van der Waals surface area (Å²) in [5.74, 6) is 2.10. The lowest BCUT2D eigenvalue weighted by Gasteiger charge is -2.31. The molecule has 3 aromatic carbocycles. The van der Waals surface area contributed by atoms with Crippen LogP contribution in [0.1, 0.15) is 19.8 Å². The second kappa shape index (κ2) is 11.9. The average molecular weight is 476 g/mol. The van der Waals surface area contributed by atoms with Crippen LogP contribution >= 0.6 is 0 Å². The molecule has 0 aliphatic carbocycles. The highest BCUT2D eigenvalue weighted by molar-refractivity contribution is 6.40. The number of anilines is 2. The smallest absolute Gasteiger partial charge is 0.488 e. The Morgan fingerprint density at radius 3 is 1.57 bits per heavy atom. The van der Waals surface area contributed by atoms with E-state index in [1.54, 1.807) is 0 Å². The third-order valence-electron chi connectivity index (χ3n) is 5.95. The molecule has 7 heteroatoms. The molecule has 0 saturated carbocycles. The van der Waals surface area contributed by atoms with E-state index >= 15 is 0 Å². The first-order valence-corrected chi connectivity index (χ1v) is 12.2. The van der Waals surface area contributed by atoms with Crippen molar-refractivity contribution >= 4 is 24.4 Å². The van der Waals surface area contributed by atoms with Crippen molar-refractivity contribution in [2.24, 2.45) is 0 Å². The molecule has 0 radical (unpaired) electrons. The molecule has 0 bridgehead atoms. The fourth-order valence-electron chi connectivity index (χ4n) is 3.97. The molecule has 0 saturated heterocycles. The van der Waals surface area contributed by atoms with Crippen molar-refractivity contribution in [2.75, 3.05) is 58.6 Å². The first-order valence-electron chi connectivity index (χ1n) is 12.2. The van der Waals surface area contributed by atoms with E-state index in [0.717, 1.165) is 42.2 Å². The molecule has 0 aliphatic heterocycles. The third-order valence-corrected chi connectivity index (χ3v) is 5.95. The maximum Gasteiger partial charge on any atom is 0.864 e. The van der Waals surface area contributed by atoms with E-state index in [4.69, 9.17) is 14.0 Å². The molecule has 6 nitrogen and oxygen atoms in total. The topological polar surface area (TPSA) is 34.2 Å². The molecule has 0 N–H and O–H groups in total. The third kappa shape index (κ3) is 6.86. The van der Waals surface area contributed by atoms with Crippen LogP contribution in [0.15, 0.2) is 72.8 Å². The van der Waals surface area contributed by atoms with Gasteiger partial charge in [0, 0.05) is 34.3 Å². The second-order valence-electron chi connectivity index (χ2n) is 9.60. The molecule has 0 heterocycles. The molecule has 0 aliphatic rings. The SMILES string of the molecule is CCCC[N+](C)(C)c1ccccc1OB(Oc1ccccc1N(C)C)Oc1ccccc1N(C)C. The Morgan fingerprint density at radius 1 is 0.657 bits per heavy atom. The minimum absolute atomic E-state index is 0.682. The van der Waals surface area contributed by atoms with Crippen molar-refractivity contribution in [3.8, 4) is 17.2 Å². The first kappa shape index (κ1) is 26.3. The van der Waals surface area contributed by atoms with Crippen molar-refractivity contribution in [2.45, 2.75) is 19.8 Å². The quantitative estimate of drug-likeness (QED) is 0.247. The van der Waals surface area contributed by atoms with Crippen LogP contribution < -0.4 is 28.2 Å². The van der Waals surface area contributed by atoms with Gasteiger partial charge in [-0.2, -0.15) is 0 Å². The van der Waals surface area contributed by atoms with Crippen LogP contribution in [-0.2, 0) is 0 Å². The van der Waals surface area contributed by atoms with Crippen LogP contribution in [0.4, 0.5) is 17.1 Å². The van der Waals surface area contributed by atoms with Gasteiger partial charge in [-0.05, 0) is 36.8 Å². The van der Waals surface area contributed by atoms with Crippen molar-refractivity contribution in [3.05, 3.63) is 72.8 Å². The fraction of sp³-hybridized carbons (Fsp3) is 0.357. The number of quaternary nitrogens is 1. The molecule has 3 rings (SSSR count).